The summed E-state index contributed by atoms with van der Waals surface area (Å²) in [5.41, 5.74) is 1.14. The topological polar surface area (TPSA) is 38.3 Å². The van der Waals surface area contributed by atoms with E-state index >= 15 is 0 Å². The van der Waals surface area contributed by atoms with Gasteiger partial charge >= 0.3 is 5.97 Å². The molecule has 0 atom stereocenters. The molecule has 19 heavy (non-hydrogen) atoms. The van der Waals surface area contributed by atoms with E-state index in [9.17, 15) is 4.79 Å². The average molecular weight is 361 g/mol. The quantitative estimate of drug-likeness (QED) is 0.812. The Labute approximate surface area is 128 Å². The summed E-state index contributed by atoms with van der Waals surface area (Å²) in [6.45, 7) is 0.626. The summed E-state index contributed by atoms with van der Waals surface area (Å²) in [6.07, 6.45) is 0. The highest BCUT2D eigenvalue weighted by atomic mass is 79.9. The zero-order valence-corrected chi connectivity index (χ0v) is 13.2. The molecule has 0 amide bonds. The molecule has 0 saturated heterocycles. The standard InChI is InChI=1S/C13H11BrClNO2S/c1-18-13(17)10-4-2-8(15)6-11(10)16-7-9-3-5-12(14)19-9/h2-6,16H,7H2,1H3. The highest BCUT2D eigenvalue weighted by Crippen LogP contribution is 2.25. The molecule has 0 unspecified atom stereocenters. The Morgan fingerprint density at radius 1 is 1.42 bits per heavy atom. The number of ether oxygens (including phenoxy) is 1. The van der Waals surface area contributed by atoms with Crippen molar-refractivity contribution >= 4 is 50.5 Å². The SMILES string of the molecule is COC(=O)c1ccc(Cl)cc1NCc1ccc(Br)s1. The molecule has 1 N–H and O–H groups in total. The third-order valence-electron chi connectivity index (χ3n) is 2.47. The van der Waals surface area contributed by atoms with E-state index in [0.717, 1.165) is 8.66 Å². The molecule has 0 fully saturated rings. The molecule has 2 aromatic rings. The number of benzene rings is 1. The Morgan fingerprint density at radius 2 is 2.21 bits per heavy atom. The zero-order chi connectivity index (χ0) is 13.8. The van der Waals surface area contributed by atoms with Crippen LogP contribution in [0.2, 0.25) is 5.02 Å². The third kappa shape index (κ3) is 3.72. The van der Waals surface area contributed by atoms with Gasteiger partial charge in [-0.2, -0.15) is 0 Å². The van der Waals surface area contributed by atoms with Crippen molar-refractivity contribution in [2.24, 2.45) is 0 Å². The lowest BCUT2D eigenvalue weighted by atomic mass is 10.2. The number of rotatable bonds is 4. The molecule has 0 aliphatic rings. The minimum Gasteiger partial charge on any atom is -0.465 e. The maximum atomic E-state index is 11.7. The van der Waals surface area contributed by atoms with Gasteiger partial charge in [0, 0.05) is 16.4 Å². The fourth-order valence-corrected chi connectivity index (χ4v) is 3.17. The summed E-state index contributed by atoms with van der Waals surface area (Å²) < 4.78 is 5.82. The minimum atomic E-state index is -0.383. The largest absolute Gasteiger partial charge is 0.465 e. The first-order valence-electron chi connectivity index (χ1n) is 5.46. The van der Waals surface area contributed by atoms with Crippen molar-refractivity contribution in [2.45, 2.75) is 6.54 Å². The number of thiophene rings is 1. The van der Waals surface area contributed by atoms with Crippen LogP contribution in [0.4, 0.5) is 5.69 Å². The second kappa shape index (κ2) is 6.41. The van der Waals surface area contributed by atoms with Crippen LogP contribution < -0.4 is 5.32 Å². The van der Waals surface area contributed by atoms with Gasteiger partial charge in [0.15, 0.2) is 0 Å². The third-order valence-corrected chi connectivity index (χ3v) is 4.33. The van der Waals surface area contributed by atoms with Gasteiger partial charge in [-0.05, 0) is 46.3 Å². The van der Waals surface area contributed by atoms with E-state index in [0.29, 0.717) is 22.8 Å². The number of carbonyl (C=O) groups excluding carboxylic acids is 1. The van der Waals surface area contributed by atoms with E-state index in [1.165, 1.54) is 7.11 Å². The number of methoxy groups -OCH3 is 1. The Morgan fingerprint density at radius 3 is 2.84 bits per heavy atom. The molecule has 100 valence electrons. The summed E-state index contributed by atoms with van der Waals surface area (Å²) in [7, 11) is 1.36. The van der Waals surface area contributed by atoms with E-state index in [4.69, 9.17) is 16.3 Å². The van der Waals surface area contributed by atoms with Gasteiger partial charge in [-0.25, -0.2) is 4.79 Å². The van der Waals surface area contributed by atoms with Crippen molar-refractivity contribution in [1.29, 1.82) is 0 Å². The van der Waals surface area contributed by atoms with Crippen LogP contribution in [0, 0.1) is 0 Å². The van der Waals surface area contributed by atoms with Crippen LogP contribution in [0.3, 0.4) is 0 Å². The number of hydrogen-bond donors (Lipinski definition) is 1. The first-order valence-corrected chi connectivity index (χ1v) is 7.45. The maximum absolute atomic E-state index is 11.7. The Balaban J connectivity index is 2.18. The summed E-state index contributed by atoms with van der Waals surface area (Å²) in [5, 5.41) is 3.78. The fourth-order valence-electron chi connectivity index (χ4n) is 1.58. The smallest absolute Gasteiger partial charge is 0.339 e. The molecule has 1 aromatic heterocycles. The first-order chi connectivity index (χ1) is 9.10. The minimum absolute atomic E-state index is 0.383. The molecule has 0 bridgehead atoms. The lowest BCUT2D eigenvalue weighted by Crippen LogP contribution is -2.07. The number of anilines is 1. The van der Waals surface area contributed by atoms with Crippen LogP contribution in [0.15, 0.2) is 34.1 Å². The van der Waals surface area contributed by atoms with E-state index in [1.807, 2.05) is 12.1 Å². The highest BCUT2D eigenvalue weighted by Gasteiger charge is 2.12. The molecule has 1 aromatic carbocycles. The van der Waals surface area contributed by atoms with Gasteiger partial charge < -0.3 is 10.1 Å². The summed E-state index contributed by atoms with van der Waals surface area (Å²) in [6, 6.07) is 9.04. The van der Waals surface area contributed by atoms with E-state index < -0.39 is 0 Å². The maximum Gasteiger partial charge on any atom is 0.339 e. The molecule has 1 heterocycles. The molecule has 3 nitrogen and oxygen atoms in total. The number of hydrogen-bond acceptors (Lipinski definition) is 4. The molecular weight excluding hydrogens is 350 g/mol. The van der Waals surface area contributed by atoms with E-state index in [-0.39, 0.29) is 5.97 Å². The Hall–Kier alpha value is -1.04. The Bertz CT molecular complexity index is 600. The van der Waals surface area contributed by atoms with Gasteiger partial charge in [-0.15, -0.1) is 11.3 Å². The fraction of sp³-hybridized carbons (Fsp3) is 0.154. The Kier molecular flexibility index (Phi) is 4.85. The molecule has 0 radical (unpaired) electrons. The zero-order valence-electron chi connectivity index (χ0n) is 10.1. The molecule has 0 saturated carbocycles. The summed E-state index contributed by atoms with van der Waals surface area (Å²) in [5.74, 6) is -0.383. The number of nitrogens with one attached hydrogen (secondary N) is 1. The van der Waals surface area contributed by atoms with Crippen molar-refractivity contribution in [3.05, 3.63) is 49.6 Å². The van der Waals surface area contributed by atoms with Crippen molar-refractivity contribution < 1.29 is 9.53 Å². The predicted molar refractivity (Wildman–Crippen MR) is 82.1 cm³/mol. The lowest BCUT2D eigenvalue weighted by molar-refractivity contribution is 0.0602. The number of carbonyl (C=O) groups is 1. The molecule has 6 heteroatoms. The van der Waals surface area contributed by atoms with Crippen molar-refractivity contribution in [3.8, 4) is 0 Å². The van der Waals surface area contributed by atoms with Crippen molar-refractivity contribution in [3.63, 3.8) is 0 Å². The van der Waals surface area contributed by atoms with Crippen molar-refractivity contribution in [2.75, 3.05) is 12.4 Å². The first kappa shape index (κ1) is 14.4. The molecule has 0 aliphatic heterocycles. The van der Waals surface area contributed by atoms with Gasteiger partial charge in [0.2, 0.25) is 0 Å². The van der Waals surface area contributed by atoms with E-state index in [2.05, 4.69) is 21.2 Å². The lowest BCUT2D eigenvalue weighted by Gasteiger charge is -2.10. The monoisotopic (exact) mass is 359 g/mol. The average Bonchev–Trinajstić information content (AvgIpc) is 2.81. The van der Waals surface area contributed by atoms with E-state index in [1.54, 1.807) is 29.5 Å². The van der Waals surface area contributed by atoms with Crippen molar-refractivity contribution in [1.82, 2.24) is 0 Å². The molecule has 2 rings (SSSR count). The molecular formula is C13H11BrClNO2S. The van der Waals surface area contributed by atoms with Gasteiger partial charge in [0.1, 0.15) is 0 Å². The van der Waals surface area contributed by atoms with Gasteiger partial charge in [-0.1, -0.05) is 11.6 Å². The van der Waals surface area contributed by atoms with Crippen LogP contribution in [0.5, 0.6) is 0 Å². The highest BCUT2D eigenvalue weighted by molar-refractivity contribution is 9.11. The van der Waals surface area contributed by atoms with Crippen LogP contribution in [0.25, 0.3) is 0 Å². The van der Waals surface area contributed by atoms with Crippen LogP contribution in [-0.2, 0) is 11.3 Å². The molecule has 0 spiro atoms. The normalized spacial score (nSPS) is 10.3. The van der Waals surface area contributed by atoms with Crippen LogP contribution in [0.1, 0.15) is 15.2 Å². The van der Waals surface area contributed by atoms with Gasteiger partial charge in [0.25, 0.3) is 0 Å². The number of halogens is 2. The second-order valence-corrected chi connectivity index (χ2v) is 6.72. The summed E-state index contributed by atoms with van der Waals surface area (Å²) in [4.78, 5) is 12.8. The molecule has 0 aliphatic carbocycles. The predicted octanol–water partition coefficient (Wildman–Crippen LogP) is 4.56. The van der Waals surface area contributed by atoms with Gasteiger partial charge in [-0.3, -0.25) is 0 Å². The number of esters is 1. The van der Waals surface area contributed by atoms with Gasteiger partial charge in [0.05, 0.1) is 22.1 Å². The second-order valence-electron chi connectivity index (χ2n) is 3.74. The van der Waals surface area contributed by atoms with Crippen LogP contribution >= 0.6 is 38.9 Å². The van der Waals surface area contributed by atoms with Crippen LogP contribution in [-0.4, -0.2) is 13.1 Å². The summed E-state index contributed by atoms with van der Waals surface area (Å²) >= 11 is 11.0.